The third-order valence-corrected chi connectivity index (χ3v) is 3.09. The van der Waals surface area contributed by atoms with Crippen LogP contribution in [0.4, 0.5) is 13.2 Å². The van der Waals surface area contributed by atoms with Gasteiger partial charge in [0.05, 0.1) is 12.3 Å². The zero-order valence-corrected chi connectivity index (χ0v) is 14.7. The summed E-state index contributed by atoms with van der Waals surface area (Å²) in [5.74, 6) is -1.86. The van der Waals surface area contributed by atoms with E-state index in [4.69, 9.17) is 4.74 Å². The van der Waals surface area contributed by atoms with E-state index in [1.807, 2.05) is 41.5 Å². The molecule has 1 unspecified atom stereocenters. The predicted octanol–water partition coefficient (Wildman–Crippen LogP) is 4.12. The number of hydrogen-bond acceptors (Lipinski definition) is 4. The number of halogens is 3. The highest BCUT2D eigenvalue weighted by Crippen LogP contribution is 2.36. The molecule has 0 heterocycles. The van der Waals surface area contributed by atoms with Gasteiger partial charge in [0.1, 0.15) is 6.61 Å². The van der Waals surface area contributed by atoms with Crippen molar-refractivity contribution >= 4 is 11.9 Å². The lowest BCUT2D eigenvalue weighted by Crippen LogP contribution is -2.34. The molecule has 0 aliphatic carbocycles. The van der Waals surface area contributed by atoms with Gasteiger partial charge in [-0.15, -0.1) is 0 Å². The maximum absolute atomic E-state index is 12.2. The second kappa shape index (κ2) is 8.02. The second-order valence-corrected chi connectivity index (χ2v) is 7.88. The number of carbonyl (C=O) groups excluding carboxylic acids is 2. The van der Waals surface area contributed by atoms with Crippen LogP contribution in [0.5, 0.6) is 0 Å². The van der Waals surface area contributed by atoms with Gasteiger partial charge >= 0.3 is 18.1 Å². The molecule has 0 amide bonds. The molecule has 0 aromatic carbocycles. The Morgan fingerprint density at radius 1 is 0.957 bits per heavy atom. The van der Waals surface area contributed by atoms with E-state index in [1.165, 1.54) is 0 Å². The topological polar surface area (TPSA) is 52.6 Å². The summed E-state index contributed by atoms with van der Waals surface area (Å²) < 4.78 is 44.8. The molecule has 0 N–H and O–H groups in total. The smallest absolute Gasteiger partial charge is 0.422 e. The van der Waals surface area contributed by atoms with E-state index in [0.29, 0.717) is 6.42 Å². The molecule has 0 saturated carbocycles. The quantitative estimate of drug-likeness (QED) is 0.683. The monoisotopic (exact) mass is 340 g/mol. The first-order valence-electron chi connectivity index (χ1n) is 7.51. The molecule has 4 nitrogen and oxygen atoms in total. The van der Waals surface area contributed by atoms with Gasteiger partial charge in [-0.25, -0.2) is 0 Å². The molecule has 0 aliphatic rings. The average Bonchev–Trinajstić information content (AvgIpc) is 2.30. The van der Waals surface area contributed by atoms with Crippen molar-refractivity contribution in [2.24, 2.45) is 16.7 Å². The molecule has 0 rings (SSSR count). The highest BCUT2D eigenvalue weighted by atomic mass is 19.4. The van der Waals surface area contributed by atoms with Crippen LogP contribution in [-0.4, -0.2) is 31.3 Å². The van der Waals surface area contributed by atoms with Gasteiger partial charge in [-0.3, -0.25) is 9.59 Å². The number of rotatable bonds is 6. The first kappa shape index (κ1) is 21.7. The van der Waals surface area contributed by atoms with Crippen LogP contribution in [0.15, 0.2) is 0 Å². The van der Waals surface area contributed by atoms with Crippen molar-refractivity contribution in [1.82, 2.24) is 0 Å². The van der Waals surface area contributed by atoms with Gasteiger partial charge in [0, 0.05) is 0 Å². The van der Waals surface area contributed by atoms with E-state index >= 15 is 0 Å². The molecule has 136 valence electrons. The van der Waals surface area contributed by atoms with Gasteiger partial charge in [0.2, 0.25) is 0 Å². The van der Waals surface area contributed by atoms with Crippen molar-refractivity contribution in [2.45, 2.75) is 60.6 Å². The van der Waals surface area contributed by atoms with Crippen LogP contribution in [0.2, 0.25) is 0 Å². The highest BCUT2D eigenvalue weighted by Gasteiger charge is 2.36. The van der Waals surface area contributed by atoms with Crippen molar-refractivity contribution in [3.05, 3.63) is 0 Å². The molecule has 0 fully saturated rings. The van der Waals surface area contributed by atoms with E-state index in [2.05, 4.69) is 4.74 Å². The Bertz CT molecular complexity index is 403. The molecule has 0 bridgehead atoms. The maximum Gasteiger partial charge on any atom is 0.422 e. The number of hydrogen-bond donors (Lipinski definition) is 0. The molecular formula is C16H27F3O4. The Morgan fingerprint density at radius 3 is 1.87 bits per heavy atom. The van der Waals surface area contributed by atoms with E-state index in [0.717, 1.165) is 0 Å². The van der Waals surface area contributed by atoms with E-state index < -0.39 is 31.1 Å². The van der Waals surface area contributed by atoms with E-state index in [9.17, 15) is 22.8 Å². The predicted molar refractivity (Wildman–Crippen MR) is 79.6 cm³/mol. The zero-order valence-electron chi connectivity index (χ0n) is 14.7. The minimum atomic E-state index is -4.56. The maximum atomic E-state index is 12.2. The molecule has 23 heavy (non-hydrogen) atoms. The first-order chi connectivity index (χ1) is 10.1. The minimum Gasteiger partial charge on any atom is -0.465 e. The fourth-order valence-electron chi connectivity index (χ4n) is 1.93. The summed E-state index contributed by atoms with van der Waals surface area (Å²) in [6.07, 6.45) is -4.35. The number of carbonyl (C=O) groups is 2. The van der Waals surface area contributed by atoms with E-state index in [1.54, 1.807) is 0 Å². The van der Waals surface area contributed by atoms with Crippen molar-refractivity contribution in [1.29, 1.82) is 0 Å². The standard InChI is InChI=1S/C16H27F3O4/c1-14(2,3)9-11(15(4,5)6)13(21)22-8-7-12(20)23-10-16(17,18)19/h11H,7-10H2,1-6H3. The van der Waals surface area contributed by atoms with Crippen LogP contribution >= 0.6 is 0 Å². The first-order valence-corrected chi connectivity index (χ1v) is 7.51. The molecule has 1 atom stereocenters. The normalized spacial score (nSPS) is 14.3. The van der Waals surface area contributed by atoms with Gasteiger partial charge in [0.15, 0.2) is 6.61 Å². The average molecular weight is 340 g/mol. The lowest BCUT2D eigenvalue weighted by Gasteiger charge is -2.33. The third kappa shape index (κ3) is 11.0. The Morgan fingerprint density at radius 2 is 1.48 bits per heavy atom. The summed E-state index contributed by atoms with van der Waals surface area (Å²) in [6, 6.07) is 0. The van der Waals surface area contributed by atoms with Crippen LogP contribution in [0.3, 0.4) is 0 Å². The SMILES string of the molecule is CC(C)(C)CC(C(=O)OCCC(=O)OCC(F)(F)F)C(C)(C)C. The third-order valence-electron chi connectivity index (χ3n) is 3.09. The number of alkyl halides is 3. The number of esters is 2. The summed E-state index contributed by atoms with van der Waals surface area (Å²) >= 11 is 0. The fourth-order valence-corrected chi connectivity index (χ4v) is 1.93. The highest BCUT2D eigenvalue weighted by molar-refractivity contribution is 5.74. The minimum absolute atomic E-state index is 0.0807. The van der Waals surface area contributed by atoms with Crippen molar-refractivity contribution in [3.63, 3.8) is 0 Å². The summed E-state index contributed by atoms with van der Waals surface area (Å²) in [5.41, 5.74) is -0.399. The molecule has 0 radical (unpaired) electrons. The Hall–Kier alpha value is -1.27. The van der Waals surface area contributed by atoms with Crippen LogP contribution < -0.4 is 0 Å². The summed E-state index contributed by atoms with van der Waals surface area (Å²) in [6.45, 7) is 9.86. The molecule has 0 aromatic heterocycles. The van der Waals surface area contributed by atoms with Gasteiger partial charge in [0.25, 0.3) is 0 Å². The van der Waals surface area contributed by atoms with Crippen LogP contribution in [0.1, 0.15) is 54.4 Å². The molecular weight excluding hydrogens is 313 g/mol. The van der Waals surface area contributed by atoms with Crippen molar-refractivity contribution < 1.29 is 32.2 Å². The molecule has 0 aromatic rings. The molecule has 0 saturated heterocycles. The van der Waals surface area contributed by atoms with Gasteiger partial charge < -0.3 is 9.47 Å². The van der Waals surface area contributed by atoms with Crippen molar-refractivity contribution in [2.75, 3.05) is 13.2 Å². The Balaban J connectivity index is 4.41. The summed E-state index contributed by atoms with van der Waals surface area (Å²) in [4.78, 5) is 23.4. The van der Waals surface area contributed by atoms with Crippen LogP contribution in [0, 0.1) is 16.7 Å². The summed E-state index contributed by atoms with van der Waals surface area (Å²) in [5, 5.41) is 0. The largest absolute Gasteiger partial charge is 0.465 e. The molecule has 7 heteroatoms. The Kier molecular flexibility index (Phi) is 7.57. The summed E-state index contributed by atoms with van der Waals surface area (Å²) in [7, 11) is 0. The second-order valence-electron chi connectivity index (χ2n) is 7.88. The molecule has 0 spiro atoms. The van der Waals surface area contributed by atoms with Gasteiger partial charge in [-0.1, -0.05) is 41.5 Å². The van der Waals surface area contributed by atoms with Gasteiger partial charge in [-0.05, 0) is 17.3 Å². The van der Waals surface area contributed by atoms with E-state index in [-0.39, 0.29) is 23.4 Å². The fraction of sp³-hybridized carbons (Fsp3) is 0.875. The Labute approximate surface area is 135 Å². The lowest BCUT2D eigenvalue weighted by atomic mass is 9.72. The van der Waals surface area contributed by atoms with Gasteiger partial charge in [-0.2, -0.15) is 13.2 Å². The zero-order chi connectivity index (χ0) is 18.5. The van der Waals surface area contributed by atoms with Crippen molar-refractivity contribution in [3.8, 4) is 0 Å². The number of ether oxygens (including phenoxy) is 2. The van der Waals surface area contributed by atoms with Crippen LogP contribution in [0.25, 0.3) is 0 Å². The van der Waals surface area contributed by atoms with Crippen LogP contribution in [-0.2, 0) is 19.1 Å². The lowest BCUT2D eigenvalue weighted by molar-refractivity contribution is -0.187. The molecule has 0 aliphatic heterocycles.